The second-order valence-corrected chi connectivity index (χ2v) is 6.73. The smallest absolute Gasteiger partial charge is 0.321 e. The van der Waals surface area contributed by atoms with Gasteiger partial charge >= 0.3 is 5.97 Å². The molecule has 1 atom stereocenters. The van der Waals surface area contributed by atoms with Crippen molar-refractivity contribution >= 4 is 16.0 Å². The molecule has 23 heavy (non-hydrogen) atoms. The summed E-state index contributed by atoms with van der Waals surface area (Å²) in [7, 11) is -3.89. The highest BCUT2D eigenvalue weighted by molar-refractivity contribution is 7.89. The predicted octanol–water partition coefficient (Wildman–Crippen LogP) is 2.54. The minimum absolute atomic E-state index is 0.0252. The third kappa shape index (κ3) is 4.30. The van der Waals surface area contributed by atoms with Gasteiger partial charge in [-0.15, -0.1) is 0 Å². The van der Waals surface area contributed by atoms with Crippen LogP contribution in [0.25, 0.3) is 0 Å². The zero-order chi connectivity index (χ0) is 17.0. The number of benzene rings is 2. The van der Waals surface area contributed by atoms with Crippen LogP contribution in [0.4, 0.5) is 0 Å². The Balaban J connectivity index is 2.16. The number of para-hydroxylation sites is 1. The Kier molecular flexibility index (Phi) is 5.02. The largest absolute Gasteiger partial charge is 0.480 e. The molecule has 0 amide bonds. The Labute approximate surface area is 134 Å². The summed E-state index contributed by atoms with van der Waals surface area (Å²) in [6.07, 6.45) is 0. The summed E-state index contributed by atoms with van der Waals surface area (Å²) in [5.74, 6) is -0.0710. The number of carbonyl (C=O) groups is 1. The molecule has 2 rings (SSSR count). The van der Waals surface area contributed by atoms with E-state index >= 15 is 0 Å². The predicted molar refractivity (Wildman–Crippen MR) is 85.1 cm³/mol. The molecule has 0 unspecified atom stereocenters. The van der Waals surface area contributed by atoms with Crippen molar-refractivity contribution in [3.63, 3.8) is 0 Å². The molecule has 0 aliphatic rings. The van der Waals surface area contributed by atoms with Crippen molar-refractivity contribution in [2.24, 2.45) is 0 Å². The highest BCUT2D eigenvalue weighted by atomic mass is 32.2. The molecule has 6 nitrogen and oxygen atoms in total. The zero-order valence-corrected chi connectivity index (χ0v) is 13.5. The van der Waals surface area contributed by atoms with Crippen molar-refractivity contribution < 1.29 is 23.1 Å². The molecule has 0 saturated heterocycles. The molecule has 0 heterocycles. The SMILES string of the molecule is Cc1ccccc1Oc1ccc(S(=O)(=O)N[C@@H](C)C(=O)O)cc1. The Morgan fingerprint density at radius 1 is 1.13 bits per heavy atom. The molecule has 7 heteroatoms. The lowest BCUT2D eigenvalue weighted by atomic mass is 10.2. The molecule has 0 aliphatic heterocycles. The fraction of sp³-hybridized carbons (Fsp3) is 0.188. The van der Waals surface area contributed by atoms with Crippen LogP contribution in [-0.2, 0) is 14.8 Å². The summed E-state index contributed by atoms with van der Waals surface area (Å²) in [6, 6.07) is 12.0. The highest BCUT2D eigenvalue weighted by Crippen LogP contribution is 2.25. The van der Waals surface area contributed by atoms with Gasteiger partial charge in [0.1, 0.15) is 17.5 Å². The topological polar surface area (TPSA) is 92.7 Å². The number of hydrogen-bond donors (Lipinski definition) is 2. The molecule has 0 spiro atoms. The molecular formula is C16H17NO5S. The first-order valence-electron chi connectivity index (χ1n) is 6.88. The van der Waals surface area contributed by atoms with Gasteiger partial charge in [0.05, 0.1) is 4.90 Å². The van der Waals surface area contributed by atoms with Crippen LogP contribution in [-0.4, -0.2) is 25.5 Å². The molecule has 2 aromatic carbocycles. The number of aryl methyl sites for hydroxylation is 1. The van der Waals surface area contributed by atoms with Gasteiger partial charge in [-0.2, -0.15) is 4.72 Å². The minimum Gasteiger partial charge on any atom is -0.480 e. The lowest BCUT2D eigenvalue weighted by molar-refractivity contribution is -0.138. The average Bonchev–Trinajstić information content (AvgIpc) is 2.49. The van der Waals surface area contributed by atoms with E-state index in [9.17, 15) is 13.2 Å². The number of sulfonamides is 1. The van der Waals surface area contributed by atoms with Gasteiger partial charge in [-0.3, -0.25) is 4.79 Å². The number of carboxylic acids is 1. The van der Waals surface area contributed by atoms with Crippen LogP contribution in [0.3, 0.4) is 0 Å². The molecule has 0 radical (unpaired) electrons. The van der Waals surface area contributed by atoms with Crippen LogP contribution < -0.4 is 9.46 Å². The summed E-state index contributed by atoms with van der Waals surface area (Å²) in [5.41, 5.74) is 0.959. The summed E-state index contributed by atoms with van der Waals surface area (Å²) < 4.78 is 31.9. The molecular weight excluding hydrogens is 318 g/mol. The van der Waals surface area contributed by atoms with Gasteiger partial charge in [-0.05, 0) is 49.7 Å². The van der Waals surface area contributed by atoms with Crippen LogP contribution in [0.1, 0.15) is 12.5 Å². The van der Waals surface area contributed by atoms with E-state index in [4.69, 9.17) is 9.84 Å². The first kappa shape index (κ1) is 17.0. The molecule has 0 aromatic heterocycles. The zero-order valence-electron chi connectivity index (χ0n) is 12.7. The quantitative estimate of drug-likeness (QED) is 0.846. The fourth-order valence-corrected chi connectivity index (χ4v) is 3.03. The lowest BCUT2D eigenvalue weighted by Gasteiger charge is -2.11. The summed E-state index contributed by atoms with van der Waals surface area (Å²) in [4.78, 5) is 10.7. The molecule has 0 bridgehead atoms. The van der Waals surface area contributed by atoms with Gasteiger partial charge in [0, 0.05) is 0 Å². The van der Waals surface area contributed by atoms with Crippen molar-refractivity contribution in [1.82, 2.24) is 4.72 Å². The van der Waals surface area contributed by atoms with Crippen molar-refractivity contribution in [2.45, 2.75) is 24.8 Å². The van der Waals surface area contributed by atoms with Crippen LogP contribution in [0, 0.1) is 6.92 Å². The number of aliphatic carboxylic acids is 1. The highest BCUT2D eigenvalue weighted by Gasteiger charge is 2.21. The number of nitrogens with one attached hydrogen (secondary N) is 1. The Morgan fingerprint density at radius 3 is 2.30 bits per heavy atom. The van der Waals surface area contributed by atoms with Gasteiger partial charge in [0.15, 0.2) is 0 Å². The van der Waals surface area contributed by atoms with Gasteiger partial charge in [-0.25, -0.2) is 8.42 Å². The van der Waals surface area contributed by atoms with E-state index in [0.29, 0.717) is 11.5 Å². The maximum Gasteiger partial charge on any atom is 0.321 e. The van der Waals surface area contributed by atoms with Crippen molar-refractivity contribution in [3.05, 3.63) is 54.1 Å². The molecule has 0 aliphatic carbocycles. The van der Waals surface area contributed by atoms with E-state index in [2.05, 4.69) is 4.72 Å². The first-order valence-corrected chi connectivity index (χ1v) is 8.36. The average molecular weight is 335 g/mol. The molecule has 2 N–H and O–H groups in total. The van der Waals surface area contributed by atoms with E-state index < -0.39 is 22.0 Å². The van der Waals surface area contributed by atoms with E-state index in [1.807, 2.05) is 31.2 Å². The fourth-order valence-electron chi connectivity index (χ4n) is 1.84. The third-order valence-electron chi connectivity index (χ3n) is 3.16. The van der Waals surface area contributed by atoms with Crippen molar-refractivity contribution in [3.8, 4) is 11.5 Å². The summed E-state index contributed by atoms with van der Waals surface area (Å²) in [6.45, 7) is 3.17. The number of hydrogen-bond acceptors (Lipinski definition) is 4. The number of carboxylic acid groups (broad SMARTS) is 1. The molecule has 2 aromatic rings. The van der Waals surface area contributed by atoms with E-state index in [0.717, 1.165) is 5.56 Å². The minimum atomic E-state index is -3.89. The third-order valence-corrected chi connectivity index (χ3v) is 4.71. The van der Waals surface area contributed by atoms with Crippen LogP contribution in [0.5, 0.6) is 11.5 Å². The van der Waals surface area contributed by atoms with Crippen LogP contribution in [0.2, 0.25) is 0 Å². The van der Waals surface area contributed by atoms with Gasteiger partial charge in [0.25, 0.3) is 0 Å². The maximum atomic E-state index is 12.1. The van der Waals surface area contributed by atoms with Gasteiger partial charge < -0.3 is 9.84 Å². The summed E-state index contributed by atoms with van der Waals surface area (Å²) >= 11 is 0. The van der Waals surface area contributed by atoms with Crippen LogP contribution >= 0.6 is 0 Å². The maximum absolute atomic E-state index is 12.1. The van der Waals surface area contributed by atoms with Crippen molar-refractivity contribution in [1.29, 1.82) is 0 Å². The standard InChI is InChI=1S/C16H17NO5S/c1-11-5-3-4-6-15(11)22-13-7-9-14(10-8-13)23(20,21)17-12(2)16(18)19/h3-10,12,17H,1-2H3,(H,18,19)/t12-/m0/s1. The van der Waals surface area contributed by atoms with E-state index in [1.165, 1.54) is 31.2 Å². The molecule has 122 valence electrons. The second-order valence-electron chi connectivity index (χ2n) is 5.02. The second kappa shape index (κ2) is 6.80. The van der Waals surface area contributed by atoms with Crippen LogP contribution in [0.15, 0.2) is 53.4 Å². The summed E-state index contributed by atoms with van der Waals surface area (Å²) in [5, 5.41) is 8.78. The van der Waals surface area contributed by atoms with E-state index in [-0.39, 0.29) is 4.90 Å². The Morgan fingerprint density at radius 2 is 1.74 bits per heavy atom. The monoisotopic (exact) mass is 335 g/mol. The van der Waals surface area contributed by atoms with E-state index in [1.54, 1.807) is 0 Å². The molecule has 0 fully saturated rings. The van der Waals surface area contributed by atoms with Gasteiger partial charge in [-0.1, -0.05) is 18.2 Å². The van der Waals surface area contributed by atoms with Gasteiger partial charge in [0.2, 0.25) is 10.0 Å². The van der Waals surface area contributed by atoms with Crippen molar-refractivity contribution in [2.75, 3.05) is 0 Å². The normalized spacial score (nSPS) is 12.6. The number of ether oxygens (including phenoxy) is 1. The lowest BCUT2D eigenvalue weighted by Crippen LogP contribution is -2.38. The molecule has 0 saturated carbocycles. The number of rotatable bonds is 6. The first-order chi connectivity index (χ1) is 10.8. The Bertz CT molecular complexity index is 799. The Hall–Kier alpha value is -2.38.